The van der Waals surface area contributed by atoms with Gasteiger partial charge in [0.25, 0.3) is 0 Å². The van der Waals surface area contributed by atoms with Gasteiger partial charge in [0, 0.05) is 12.1 Å². The summed E-state index contributed by atoms with van der Waals surface area (Å²) in [5.74, 6) is 0.0359. The molecule has 1 rings (SSSR count). The van der Waals surface area contributed by atoms with Gasteiger partial charge in [0.05, 0.1) is 6.54 Å². The summed E-state index contributed by atoms with van der Waals surface area (Å²) >= 11 is 0. The van der Waals surface area contributed by atoms with Gasteiger partial charge in [0.15, 0.2) is 5.96 Å². The first-order valence-corrected chi connectivity index (χ1v) is 7.06. The normalized spacial score (nSPS) is 10.8. The van der Waals surface area contributed by atoms with Crippen LogP contribution < -0.4 is 16.8 Å². The average Bonchev–Trinajstić information content (AvgIpc) is 2.45. The molecule has 1 aromatic rings. The number of benzene rings is 1. The van der Waals surface area contributed by atoms with Crippen LogP contribution in [0, 0.1) is 0 Å². The molecule has 0 radical (unpaired) electrons. The Morgan fingerprint density at radius 3 is 2.38 bits per heavy atom. The fourth-order valence-electron chi connectivity index (χ4n) is 1.78. The molecule has 5 nitrogen and oxygen atoms in total. The van der Waals surface area contributed by atoms with Crippen molar-refractivity contribution in [2.45, 2.75) is 39.2 Å². The molecule has 0 saturated carbocycles. The fraction of sp³-hybridized carbons (Fsp3) is 0.467. The maximum absolute atomic E-state index is 10.9. The minimum Gasteiger partial charge on any atom is -0.370 e. The van der Waals surface area contributed by atoms with Gasteiger partial charge in [-0.1, -0.05) is 38.3 Å². The van der Waals surface area contributed by atoms with E-state index in [1.807, 2.05) is 12.1 Å². The second kappa shape index (κ2) is 11.4. The number of aliphatic imine (C=N–C) groups is 1. The number of guanidine groups is 1. The third-order valence-electron chi connectivity index (χ3n) is 3.01. The van der Waals surface area contributed by atoms with E-state index in [0.717, 1.165) is 18.5 Å². The molecular weight excluding hydrogens is 379 g/mol. The third kappa shape index (κ3) is 8.54. The largest absolute Gasteiger partial charge is 0.370 e. The number of nitrogens with one attached hydrogen (secondary N) is 1. The van der Waals surface area contributed by atoms with Crippen molar-refractivity contribution in [3.05, 3.63) is 35.4 Å². The van der Waals surface area contributed by atoms with Crippen molar-refractivity contribution < 1.29 is 4.79 Å². The second-order valence-electron chi connectivity index (χ2n) is 4.75. The van der Waals surface area contributed by atoms with E-state index in [9.17, 15) is 4.79 Å². The lowest BCUT2D eigenvalue weighted by atomic mass is 10.1. The van der Waals surface area contributed by atoms with Gasteiger partial charge in [0.2, 0.25) is 5.91 Å². The van der Waals surface area contributed by atoms with Gasteiger partial charge in [-0.05, 0) is 24.1 Å². The predicted octanol–water partition coefficient (Wildman–Crippen LogP) is 2.39. The van der Waals surface area contributed by atoms with Crippen molar-refractivity contribution in [3.63, 3.8) is 0 Å². The van der Waals surface area contributed by atoms with Crippen LogP contribution in [0.3, 0.4) is 0 Å². The monoisotopic (exact) mass is 404 g/mol. The molecule has 0 heterocycles. The maximum Gasteiger partial charge on any atom is 0.248 e. The van der Waals surface area contributed by atoms with Crippen LogP contribution in [0.2, 0.25) is 0 Å². The minimum atomic E-state index is -0.423. The summed E-state index contributed by atoms with van der Waals surface area (Å²) in [4.78, 5) is 15.2. The number of carbonyl (C=O) groups is 1. The molecule has 0 saturated heterocycles. The Bertz CT molecular complexity index is 445. The molecule has 0 aromatic heterocycles. The van der Waals surface area contributed by atoms with E-state index in [2.05, 4.69) is 17.2 Å². The lowest BCUT2D eigenvalue weighted by molar-refractivity contribution is 0.100. The Kier molecular flexibility index (Phi) is 10.7. The van der Waals surface area contributed by atoms with Crippen LogP contribution in [0.25, 0.3) is 0 Å². The highest BCUT2D eigenvalue weighted by atomic mass is 127. The van der Waals surface area contributed by atoms with E-state index in [1.165, 1.54) is 19.3 Å². The van der Waals surface area contributed by atoms with Gasteiger partial charge < -0.3 is 16.8 Å². The van der Waals surface area contributed by atoms with Gasteiger partial charge in [-0.3, -0.25) is 4.79 Å². The molecule has 0 aliphatic carbocycles. The predicted molar refractivity (Wildman–Crippen MR) is 97.8 cm³/mol. The molecule has 0 fully saturated rings. The highest BCUT2D eigenvalue weighted by Crippen LogP contribution is 2.05. The van der Waals surface area contributed by atoms with Gasteiger partial charge >= 0.3 is 0 Å². The molecule has 0 aliphatic heterocycles. The number of unbranched alkanes of at least 4 members (excludes halogenated alkanes) is 3. The quantitative estimate of drug-likeness (QED) is 0.269. The summed E-state index contributed by atoms with van der Waals surface area (Å²) in [6, 6.07) is 7.05. The van der Waals surface area contributed by atoms with Gasteiger partial charge in [0.1, 0.15) is 0 Å². The number of hydrogen-bond donors (Lipinski definition) is 3. The Morgan fingerprint density at radius 1 is 1.14 bits per heavy atom. The molecule has 0 spiro atoms. The molecule has 1 amide bonds. The Morgan fingerprint density at radius 2 is 1.81 bits per heavy atom. The number of rotatable bonds is 8. The number of amides is 1. The zero-order chi connectivity index (χ0) is 14.8. The number of nitrogens with zero attached hydrogens (tertiary/aromatic N) is 1. The van der Waals surface area contributed by atoms with E-state index in [4.69, 9.17) is 11.5 Å². The second-order valence-corrected chi connectivity index (χ2v) is 4.75. The zero-order valence-electron chi connectivity index (χ0n) is 12.5. The van der Waals surface area contributed by atoms with Crippen molar-refractivity contribution in [2.75, 3.05) is 6.54 Å². The molecule has 0 atom stereocenters. The van der Waals surface area contributed by atoms with Crippen molar-refractivity contribution in [2.24, 2.45) is 16.5 Å². The van der Waals surface area contributed by atoms with Crippen molar-refractivity contribution in [1.29, 1.82) is 0 Å². The van der Waals surface area contributed by atoms with Crippen LogP contribution >= 0.6 is 24.0 Å². The number of carbonyl (C=O) groups excluding carboxylic acids is 1. The van der Waals surface area contributed by atoms with Crippen molar-refractivity contribution in [1.82, 2.24) is 5.32 Å². The summed E-state index contributed by atoms with van der Waals surface area (Å²) in [7, 11) is 0. The molecule has 1 aromatic carbocycles. The molecule has 6 heteroatoms. The number of halogens is 1. The standard InChI is InChI=1S/C15H24N4O.HI/c1-2-3-4-5-10-18-15(17)19-11-12-6-8-13(9-7-12)14(16)20;/h6-9H,2-5,10-11H2,1H3,(H2,16,20)(H3,17,18,19);1H. The first kappa shape index (κ1) is 19.7. The van der Waals surface area contributed by atoms with Crippen LogP contribution in [0.15, 0.2) is 29.3 Å². The zero-order valence-corrected chi connectivity index (χ0v) is 14.8. The summed E-state index contributed by atoms with van der Waals surface area (Å²) in [5, 5.41) is 3.10. The molecule has 0 bridgehead atoms. The highest BCUT2D eigenvalue weighted by molar-refractivity contribution is 14.0. The lowest BCUT2D eigenvalue weighted by Gasteiger charge is -2.05. The van der Waals surface area contributed by atoms with Crippen molar-refractivity contribution >= 4 is 35.8 Å². The number of primary amides is 1. The summed E-state index contributed by atoms with van der Waals surface area (Å²) in [5.41, 5.74) is 12.4. The van der Waals surface area contributed by atoms with Crippen LogP contribution in [0.4, 0.5) is 0 Å². The number of nitrogens with two attached hydrogens (primary N) is 2. The van der Waals surface area contributed by atoms with Gasteiger partial charge in [-0.2, -0.15) is 0 Å². The van der Waals surface area contributed by atoms with E-state index in [0.29, 0.717) is 18.1 Å². The van der Waals surface area contributed by atoms with Crippen LogP contribution in [0.1, 0.15) is 48.5 Å². The Labute approximate surface area is 143 Å². The third-order valence-corrected chi connectivity index (χ3v) is 3.01. The van der Waals surface area contributed by atoms with E-state index >= 15 is 0 Å². The number of hydrogen-bond acceptors (Lipinski definition) is 2. The van der Waals surface area contributed by atoms with Crippen molar-refractivity contribution in [3.8, 4) is 0 Å². The topological polar surface area (TPSA) is 93.5 Å². The molecule has 0 unspecified atom stereocenters. The van der Waals surface area contributed by atoms with Gasteiger partial charge in [-0.25, -0.2) is 4.99 Å². The van der Waals surface area contributed by atoms with Crippen LogP contribution in [0.5, 0.6) is 0 Å². The fourth-order valence-corrected chi connectivity index (χ4v) is 1.78. The maximum atomic E-state index is 10.9. The molecule has 118 valence electrons. The first-order valence-electron chi connectivity index (χ1n) is 7.06. The SMILES string of the molecule is CCCCCCNC(N)=NCc1ccc(C(N)=O)cc1.I. The highest BCUT2D eigenvalue weighted by Gasteiger charge is 1.99. The smallest absolute Gasteiger partial charge is 0.248 e. The Balaban J connectivity index is 0.00000400. The van der Waals surface area contributed by atoms with Crippen LogP contribution in [-0.2, 0) is 6.54 Å². The van der Waals surface area contributed by atoms with E-state index < -0.39 is 5.91 Å². The summed E-state index contributed by atoms with van der Waals surface area (Å²) in [6.07, 6.45) is 4.80. The molecule has 21 heavy (non-hydrogen) atoms. The molecule has 0 aliphatic rings. The first-order chi connectivity index (χ1) is 9.63. The van der Waals surface area contributed by atoms with E-state index in [1.54, 1.807) is 12.1 Å². The Hall–Kier alpha value is -1.31. The minimum absolute atomic E-state index is 0. The average molecular weight is 404 g/mol. The summed E-state index contributed by atoms with van der Waals surface area (Å²) in [6.45, 7) is 3.54. The lowest BCUT2D eigenvalue weighted by Crippen LogP contribution is -2.32. The summed E-state index contributed by atoms with van der Waals surface area (Å²) < 4.78 is 0. The molecule has 5 N–H and O–H groups in total. The van der Waals surface area contributed by atoms with Crippen LogP contribution in [-0.4, -0.2) is 18.4 Å². The van der Waals surface area contributed by atoms with E-state index in [-0.39, 0.29) is 24.0 Å². The van der Waals surface area contributed by atoms with Gasteiger partial charge in [-0.15, -0.1) is 24.0 Å². The molecular formula is C15H25IN4O.